The summed E-state index contributed by atoms with van der Waals surface area (Å²) in [7, 11) is -8.78. The zero-order valence-electron chi connectivity index (χ0n) is 61.4. The first-order valence-electron chi connectivity index (χ1n) is 37.1. The Morgan fingerprint density at radius 3 is 1.15 bits per heavy atom. The fourth-order valence-electron chi connectivity index (χ4n) is 17.1. The second-order valence-electron chi connectivity index (χ2n) is 29.5. The lowest BCUT2D eigenvalue weighted by atomic mass is 9.69. The SMILES string of the molecule is Cc1ccc(N(c2ccc(C)cc2)c2ccc3c(c2)C2(c4cc(C#N)ccc4-c4cc(Cc5ccc(S(=O)(=O)c6cc(-n7c8ccccc8c8cc(-n9c%10ccccc%10c%10ccccc%109)ccc87)cc(S(=O)(=O)c7ccc(C)cc7)c6)cc5)c(C#N)cc42)c2cc(N(c4ccc(C)cc4)c4ccc(C)cc4)ccc2-3)cc1. The molecule has 15 aromatic carbocycles. The molecule has 0 saturated heterocycles. The minimum atomic E-state index is -4.47. The summed E-state index contributed by atoms with van der Waals surface area (Å²) in [6.45, 7) is 10.3. The number of sulfone groups is 2. The number of nitrogens with zero attached hydrogens (tertiary/aromatic N) is 6. The lowest BCUT2D eigenvalue weighted by Gasteiger charge is -2.33. The molecule has 0 amide bonds. The van der Waals surface area contributed by atoms with Crippen LogP contribution in [0.15, 0.2) is 341 Å². The molecular weight excluding hydrogens is 1400 g/mol. The smallest absolute Gasteiger partial charge is 0.206 e. The van der Waals surface area contributed by atoms with E-state index in [9.17, 15) is 10.5 Å². The van der Waals surface area contributed by atoms with E-state index in [1.165, 1.54) is 6.07 Å². The average molecular weight is 1470 g/mol. The third kappa shape index (κ3) is 11.0. The quantitative estimate of drug-likeness (QED) is 0.105. The molecule has 0 unspecified atom stereocenters. The van der Waals surface area contributed by atoms with Gasteiger partial charge in [-0.25, -0.2) is 16.8 Å². The van der Waals surface area contributed by atoms with Gasteiger partial charge in [-0.3, -0.25) is 0 Å². The van der Waals surface area contributed by atoms with Gasteiger partial charge in [0.05, 0.1) is 70.3 Å². The first-order chi connectivity index (χ1) is 53.9. The lowest BCUT2D eigenvalue weighted by Crippen LogP contribution is -2.27. The molecule has 0 radical (unpaired) electrons. The van der Waals surface area contributed by atoms with Gasteiger partial charge in [0.15, 0.2) is 0 Å². The van der Waals surface area contributed by atoms with Crippen LogP contribution < -0.4 is 9.80 Å². The summed E-state index contributed by atoms with van der Waals surface area (Å²) in [4.78, 5) is 4.20. The predicted octanol–water partition coefficient (Wildman–Crippen LogP) is 23.7. The normalized spacial score (nSPS) is 12.6. The highest BCUT2D eigenvalue weighted by molar-refractivity contribution is 7.92. The van der Waals surface area contributed by atoms with Crippen LogP contribution in [0, 0.1) is 57.3 Å². The van der Waals surface area contributed by atoms with Crippen LogP contribution in [-0.2, 0) is 31.5 Å². The molecule has 532 valence electrons. The van der Waals surface area contributed by atoms with E-state index < -0.39 is 25.1 Å². The summed E-state index contributed by atoms with van der Waals surface area (Å²) in [5.74, 6) is 0. The number of aromatic nitrogens is 2. The number of hydrogen-bond donors (Lipinski definition) is 0. The van der Waals surface area contributed by atoms with Crippen molar-refractivity contribution in [3.63, 3.8) is 0 Å². The molecule has 111 heavy (non-hydrogen) atoms. The van der Waals surface area contributed by atoms with Crippen molar-refractivity contribution in [2.75, 3.05) is 9.80 Å². The summed E-state index contributed by atoms with van der Waals surface area (Å²) in [5.41, 5.74) is 25.2. The maximum atomic E-state index is 15.7. The number of anilines is 6. The van der Waals surface area contributed by atoms with E-state index in [4.69, 9.17) is 0 Å². The topological polar surface area (TPSA) is 132 Å². The summed E-state index contributed by atoms with van der Waals surface area (Å²) in [6.07, 6.45) is 0.251. The van der Waals surface area contributed by atoms with Crippen molar-refractivity contribution in [3.05, 3.63) is 394 Å². The first kappa shape index (κ1) is 67.9. The van der Waals surface area contributed by atoms with Crippen molar-refractivity contribution < 1.29 is 16.8 Å². The largest absolute Gasteiger partial charge is 0.310 e. The second-order valence-corrected chi connectivity index (χ2v) is 33.4. The number of hydrogen-bond acceptors (Lipinski definition) is 8. The van der Waals surface area contributed by atoms with Gasteiger partial charge in [0.1, 0.15) is 0 Å². The van der Waals surface area contributed by atoms with Crippen molar-refractivity contribution in [1.82, 2.24) is 9.13 Å². The van der Waals surface area contributed by atoms with Gasteiger partial charge in [-0.2, -0.15) is 10.5 Å². The summed E-state index contributed by atoms with van der Waals surface area (Å²) >= 11 is 0. The third-order valence-corrected chi connectivity index (χ3v) is 26.1. The standard InChI is InChI=1S/C99H70N6O4S2/c1-62-18-31-71(32-19-62)102(72-33-20-63(2)21-34-72)76-39-47-83-84-48-40-77(103(73-35-22-64(3)23-36-73)74-37-24-65(4)25-38-74)58-94(84)99(93(83)57-76)91-51-68(60-100)30-46-85(91)89-52-69(70(61-101)53-92(89)99)50-67-28-44-80(45-29-67)111(108,109)82-55-78(54-81(59-82)110(106,107)79-42-26-66(5)27-43-79)105-97-17-11-8-14-88(97)90-56-75(41-49-98(90)105)104-95-15-9-6-12-86(95)87-13-7-10-16-96(87)104/h6-49,51-59H,50H2,1-5H3. The zero-order valence-corrected chi connectivity index (χ0v) is 63.1. The molecule has 1 spiro atoms. The van der Waals surface area contributed by atoms with Gasteiger partial charge in [0, 0.05) is 67.0 Å². The average Bonchev–Trinajstić information content (AvgIpc) is 1.50. The van der Waals surface area contributed by atoms with Crippen molar-refractivity contribution in [2.24, 2.45) is 0 Å². The van der Waals surface area contributed by atoms with Gasteiger partial charge in [0.25, 0.3) is 0 Å². The fourth-order valence-corrected chi connectivity index (χ4v) is 19.9. The van der Waals surface area contributed by atoms with Gasteiger partial charge in [-0.1, -0.05) is 173 Å². The van der Waals surface area contributed by atoms with E-state index in [2.05, 4.69) is 254 Å². The molecule has 19 rings (SSSR count). The molecule has 2 aliphatic rings. The third-order valence-electron chi connectivity index (χ3n) is 22.6. The van der Waals surface area contributed by atoms with Crippen LogP contribution in [0.3, 0.4) is 0 Å². The van der Waals surface area contributed by atoms with Crippen LogP contribution in [0.4, 0.5) is 34.1 Å². The van der Waals surface area contributed by atoms with Crippen LogP contribution in [0.1, 0.15) is 72.3 Å². The number of aryl methyl sites for hydroxylation is 5. The number of nitriles is 2. The Kier molecular flexibility index (Phi) is 16.0. The maximum Gasteiger partial charge on any atom is 0.206 e. The molecule has 0 saturated carbocycles. The Hall–Kier alpha value is -13.6. The fraction of sp³-hybridized carbons (Fsp3) is 0.0707. The Labute approximate surface area is 645 Å². The highest BCUT2D eigenvalue weighted by Gasteiger charge is 2.53. The molecule has 0 bridgehead atoms. The molecule has 2 aromatic heterocycles. The van der Waals surface area contributed by atoms with E-state index in [0.717, 1.165) is 167 Å². The molecule has 0 atom stereocenters. The van der Waals surface area contributed by atoms with E-state index in [0.29, 0.717) is 16.8 Å². The Bertz CT molecular complexity index is 6780. The van der Waals surface area contributed by atoms with Crippen LogP contribution in [-0.4, -0.2) is 26.0 Å². The summed E-state index contributed by atoms with van der Waals surface area (Å²) in [6, 6.07) is 112. The van der Waals surface area contributed by atoms with Crippen molar-refractivity contribution in [3.8, 4) is 45.8 Å². The summed E-state index contributed by atoms with van der Waals surface area (Å²) in [5, 5.41) is 26.7. The van der Waals surface area contributed by atoms with E-state index in [1.807, 2.05) is 66.1 Å². The molecule has 0 aliphatic heterocycles. The molecule has 12 heteroatoms. The number of benzene rings is 15. The van der Waals surface area contributed by atoms with Gasteiger partial charge >= 0.3 is 0 Å². The Balaban J connectivity index is 0.746. The molecule has 0 N–H and O–H groups in total. The van der Waals surface area contributed by atoms with Gasteiger partial charge < -0.3 is 18.9 Å². The lowest BCUT2D eigenvalue weighted by molar-refractivity contribution is 0.594. The Morgan fingerprint density at radius 2 is 0.694 bits per heavy atom. The molecule has 2 heterocycles. The van der Waals surface area contributed by atoms with Crippen LogP contribution in [0.2, 0.25) is 0 Å². The zero-order chi connectivity index (χ0) is 75.8. The molecule has 17 aromatic rings. The number of fused-ring (bicyclic) bond motifs is 16. The number of para-hydroxylation sites is 3. The molecule has 10 nitrogen and oxygen atoms in total. The predicted molar refractivity (Wildman–Crippen MR) is 447 cm³/mol. The molecular formula is C99H70N6O4S2. The minimum absolute atomic E-state index is 0.0317. The van der Waals surface area contributed by atoms with Crippen molar-refractivity contribution >= 4 is 97.4 Å². The second kappa shape index (κ2) is 26.1. The highest BCUT2D eigenvalue weighted by Crippen LogP contribution is 2.65. The van der Waals surface area contributed by atoms with Crippen molar-refractivity contribution in [2.45, 2.75) is 66.0 Å². The van der Waals surface area contributed by atoms with Crippen molar-refractivity contribution in [1.29, 1.82) is 10.5 Å². The van der Waals surface area contributed by atoms with Crippen LogP contribution in [0.25, 0.3) is 77.2 Å². The van der Waals surface area contributed by atoms with E-state index in [-0.39, 0.29) is 26.0 Å². The minimum Gasteiger partial charge on any atom is -0.310 e. The number of rotatable bonds is 14. The van der Waals surface area contributed by atoms with E-state index >= 15 is 16.8 Å². The van der Waals surface area contributed by atoms with E-state index in [1.54, 1.807) is 60.7 Å². The Morgan fingerprint density at radius 1 is 0.315 bits per heavy atom. The van der Waals surface area contributed by atoms with Gasteiger partial charge in [0.2, 0.25) is 19.7 Å². The van der Waals surface area contributed by atoms with Gasteiger partial charge in [-0.05, 0) is 273 Å². The van der Waals surface area contributed by atoms with Gasteiger partial charge in [-0.15, -0.1) is 0 Å². The first-order valence-corrected chi connectivity index (χ1v) is 40.0. The van der Waals surface area contributed by atoms with Crippen LogP contribution >= 0.6 is 0 Å². The molecule has 0 fully saturated rings. The summed E-state index contributed by atoms with van der Waals surface area (Å²) < 4.78 is 65.7. The monoisotopic (exact) mass is 1470 g/mol. The maximum absolute atomic E-state index is 15.7. The highest BCUT2D eigenvalue weighted by atomic mass is 32.2. The van der Waals surface area contributed by atoms with Crippen LogP contribution in [0.5, 0.6) is 0 Å². The molecule has 2 aliphatic carbocycles.